The van der Waals surface area contributed by atoms with Gasteiger partial charge in [-0.3, -0.25) is 14.9 Å². The van der Waals surface area contributed by atoms with E-state index >= 15 is 0 Å². The minimum Gasteiger partial charge on any atom is -0.345 e. The van der Waals surface area contributed by atoms with Gasteiger partial charge in [-0.05, 0) is 39.4 Å². The zero-order valence-corrected chi connectivity index (χ0v) is 12.7. The molecule has 21 heavy (non-hydrogen) atoms. The van der Waals surface area contributed by atoms with Crippen LogP contribution in [0.15, 0.2) is 18.2 Å². The Balaban J connectivity index is 2.59. The highest BCUT2D eigenvalue weighted by Crippen LogP contribution is 2.34. The standard InChI is InChI=1S/C15H20FN3O2/c1-9(17-4)10-6-5-7-11(16)13(10)19-8-12(20)18-14(21)15(19,2)3/h5-7,9,17H,8H2,1-4H3,(H,18,20,21). The van der Waals surface area contributed by atoms with Crippen LogP contribution in [0, 0.1) is 5.82 Å². The number of hydrogen-bond donors (Lipinski definition) is 2. The van der Waals surface area contributed by atoms with E-state index in [-0.39, 0.29) is 12.6 Å². The van der Waals surface area contributed by atoms with Crippen molar-refractivity contribution in [3.63, 3.8) is 0 Å². The maximum Gasteiger partial charge on any atom is 0.251 e. The quantitative estimate of drug-likeness (QED) is 0.826. The van der Waals surface area contributed by atoms with Crippen molar-refractivity contribution in [2.24, 2.45) is 0 Å². The largest absolute Gasteiger partial charge is 0.345 e. The molecule has 1 unspecified atom stereocenters. The number of anilines is 1. The van der Waals surface area contributed by atoms with Crippen molar-refractivity contribution in [1.29, 1.82) is 0 Å². The molecule has 6 heteroatoms. The number of carbonyl (C=O) groups excluding carboxylic acids is 2. The van der Waals surface area contributed by atoms with E-state index in [0.29, 0.717) is 11.3 Å². The first-order chi connectivity index (χ1) is 9.78. The topological polar surface area (TPSA) is 61.4 Å². The van der Waals surface area contributed by atoms with E-state index in [4.69, 9.17) is 0 Å². The number of piperazine rings is 1. The van der Waals surface area contributed by atoms with E-state index in [9.17, 15) is 14.0 Å². The molecule has 1 atom stereocenters. The highest BCUT2D eigenvalue weighted by molar-refractivity contribution is 6.06. The second-order valence-electron chi connectivity index (χ2n) is 5.71. The van der Waals surface area contributed by atoms with Gasteiger partial charge in [0.25, 0.3) is 5.91 Å². The highest BCUT2D eigenvalue weighted by Gasteiger charge is 2.42. The zero-order chi connectivity index (χ0) is 15.8. The van der Waals surface area contributed by atoms with Crippen LogP contribution in [0.2, 0.25) is 0 Å². The fourth-order valence-electron chi connectivity index (χ4n) is 2.46. The lowest BCUT2D eigenvalue weighted by Gasteiger charge is -2.43. The molecule has 2 rings (SSSR count). The van der Waals surface area contributed by atoms with Gasteiger partial charge in [0, 0.05) is 6.04 Å². The summed E-state index contributed by atoms with van der Waals surface area (Å²) in [7, 11) is 1.78. The molecule has 0 aromatic heterocycles. The van der Waals surface area contributed by atoms with Crippen molar-refractivity contribution in [2.75, 3.05) is 18.5 Å². The van der Waals surface area contributed by atoms with Crippen LogP contribution in [-0.2, 0) is 9.59 Å². The van der Waals surface area contributed by atoms with Gasteiger partial charge < -0.3 is 10.2 Å². The summed E-state index contributed by atoms with van der Waals surface area (Å²) < 4.78 is 14.4. The van der Waals surface area contributed by atoms with Gasteiger partial charge in [0.1, 0.15) is 11.4 Å². The predicted molar refractivity (Wildman–Crippen MR) is 78.4 cm³/mol. The summed E-state index contributed by atoms with van der Waals surface area (Å²) in [4.78, 5) is 25.3. The Morgan fingerprint density at radius 2 is 2.05 bits per heavy atom. The number of benzene rings is 1. The van der Waals surface area contributed by atoms with Crippen LogP contribution in [0.5, 0.6) is 0 Å². The Bertz CT molecular complexity index is 586. The third-order valence-electron chi connectivity index (χ3n) is 3.97. The molecule has 1 aromatic carbocycles. The van der Waals surface area contributed by atoms with Crippen molar-refractivity contribution in [1.82, 2.24) is 10.6 Å². The second kappa shape index (κ2) is 5.44. The molecule has 0 bridgehead atoms. The van der Waals surface area contributed by atoms with Gasteiger partial charge in [0.15, 0.2) is 0 Å². The first-order valence-electron chi connectivity index (χ1n) is 6.86. The SMILES string of the molecule is CNC(C)c1cccc(F)c1N1CC(=O)NC(=O)C1(C)C. The Kier molecular flexibility index (Phi) is 4.00. The number of imide groups is 1. The highest BCUT2D eigenvalue weighted by atomic mass is 19.1. The fourth-order valence-corrected chi connectivity index (χ4v) is 2.46. The molecule has 1 heterocycles. The molecule has 0 spiro atoms. The van der Waals surface area contributed by atoms with Gasteiger partial charge in [-0.15, -0.1) is 0 Å². The third kappa shape index (κ3) is 2.63. The number of amides is 2. The smallest absolute Gasteiger partial charge is 0.251 e. The number of hydrogen-bond acceptors (Lipinski definition) is 4. The second-order valence-corrected chi connectivity index (χ2v) is 5.71. The van der Waals surface area contributed by atoms with Gasteiger partial charge in [0.2, 0.25) is 5.91 Å². The van der Waals surface area contributed by atoms with Crippen LogP contribution in [0.4, 0.5) is 10.1 Å². The monoisotopic (exact) mass is 293 g/mol. The van der Waals surface area contributed by atoms with Gasteiger partial charge in [-0.25, -0.2) is 4.39 Å². The molecule has 2 amide bonds. The summed E-state index contributed by atoms with van der Waals surface area (Å²) in [6, 6.07) is 4.66. The van der Waals surface area contributed by atoms with Crippen LogP contribution in [0.3, 0.4) is 0 Å². The van der Waals surface area contributed by atoms with Crippen molar-refractivity contribution in [2.45, 2.75) is 32.4 Å². The number of nitrogens with one attached hydrogen (secondary N) is 2. The molecule has 1 aliphatic heterocycles. The van der Waals surface area contributed by atoms with Crippen LogP contribution < -0.4 is 15.5 Å². The van der Waals surface area contributed by atoms with Crippen LogP contribution in [-0.4, -0.2) is 30.9 Å². The Hall–Kier alpha value is -1.95. The molecule has 1 aliphatic rings. The minimum absolute atomic E-state index is 0.0525. The third-order valence-corrected chi connectivity index (χ3v) is 3.97. The molecule has 1 fully saturated rings. The van der Waals surface area contributed by atoms with E-state index in [1.54, 1.807) is 33.0 Å². The number of halogens is 1. The van der Waals surface area contributed by atoms with Crippen molar-refractivity contribution >= 4 is 17.5 Å². The molecular formula is C15H20FN3O2. The maximum absolute atomic E-state index is 14.4. The van der Waals surface area contributed by atoms with Crippen LogP contribution in [0.25, 0.3) is 0 Å². The first kappa shape index (κ1) is 15.4. The average molecular weight is 293 g/mol. The van der Waals surface area contributed by atoms with Crippen molar-refractivity contribution < 1.29 is 14.0 Å². The van der Waals surface area contributed by atoms with Gasteiger partial charge in [-0.1, -0.05) is 12.1 Å². The Morgan fingerprint density at radius 1 is 1.38 bits per heavy atom. The van der Waals surface area contributed by atoms with E-state index in [0.717, 1.165) is 0 Å². The summed E-state index contributed by atoms with van der Waals surface area (Å²) in [5.74, 6) is -1.29. The molecule has 114 valence electrons. The van der Waals surface area contributed by atoms with Crippen LogP contribution >= 0.6 is 0 Å². The Morgan fingerprint density at radius 3 is 2.67 bits per heavy atom. The van der Waals surface area contributed by atoms with Crippen molar-refractivity contribution in [3.05, 3.63) is 29.6 Å². The van der Waals surface area contributed by atoms with Gasteiger partial charge >= 0.3 is 0 Å². The van der Waals surface area contributed by atoms with Gasteiger partial charge in [0.05, 0.1) is 12.2 Å². The van der Waals surface area contributed by atoms with E-state index in [2.05, 4.69) is 10.6 Å². The lowest BCUT2D eigenvalue weighted by Crippen LogP contribution is -2.64. The number of nitrogens with zero attached hydrogens (tertiary/aromatic N) is 1. The summed E-state index contributed by atoms with van der Waals surface area (Å²) in [6.07, 6.45) is 0. The zero-order valence-electron chi connectivity index (χ0n) is 12.7. The summed E-state index contributed by atoms with van der Waals surface area (Å²) >= 11 is 0. The molecule has 1 saturated heterocycles. The molecule has 5 nitrogen and oxygen atoms in total. The summed E-state index contributed by atoms with van der Waals surface area (Å²) in [5.41, 5.74) is 0.0128. The van der Waals surface area contributed by atoms with E-state index in [1.807, 2.05) is 6.92 Å². The van der Waals surface area contributed by atoms with Crippen molar-refractivity contribution in [3.8, 4) is 0 Å². The van der Waals surface area contributed by atoms with E-state index < -0.39 is 23.2 Å². The van der Waals surface area contributed by atoms with Crippen LogP contribution in [0.1, 0.15) is 32.4 Å². The van der Waals surface area contributed by atoms with Gasteiger partial charge in [-0.2, -0.15) is 0 Å². The fraction of sp³-hybridized carbons (Fsp3) is 0.467. The number of rotatable bonds is 3. The first-order valence-corrected chi connectivity index (χ1v) is 6.86. The van der Waals surface area contributed by atoms with E-state index in [1.165, 1.54) is 11.0 Å². The molecule has 0 aliphatic carbocycles. The predicted octanol–water partition coefficient (Wildman–Crippen LogP) is 1.35. The maximum atomic E-state index is 14.4. The normalized spacial score (nSPS) is 19.4. The average Bonchev–Trinajstić information content (AvgIpc) is 2.42. The molecular weight excluding hydrogens is 273 g/mol. The lowest BCUT2D eigenvalue weighted by atomic mass is 9.94. The Labute approximate surface area is 123 Å². The minimum atomic E-state index is -1.00. The molecule has 0 radical (unpaired) electrons. The number of para-hydroxylation sites is 1. The summed E-state index contributed by atoms with van der Waals surface area (Å²) in [5, 5.41) is 5.35. The summed E-state index contributed by atoms with van der Waals surface area (Å²) in [6.45, 7) is 5.20. The molecule has 0 saturated carbocycles. The lowest BCUT2D eigenvalue weighted by molar-refractivity contribution is -0.135. The number of carbonyl (C=O) groups is 2. The molecule has 1 aromatic rings. The molecule has 2 N–H and O–H groups in total.